The molecule has 1 aromatic rings. The summed E-state index contributed by atoms with van der Waals surface area (Å²) in [6.45, 7) is 10.3. The Labute approximate surface area is 109 Å². The average Bonchev–Trinajstić information content (AvgIpc) is 2.71. The SMILES string of the molecule is CCC(C)Cc1nc(C(C)(C)C)c(C(=O)OC)o1. The van der Waals surface area contributed by atoms with E-state index in [2.05, 4.69) is 18.8 Å². The maximum Gasteiger partial charge on any atom is 0.376 e. The van der Waals surface area contributed by atoms with E-state index in [1.807, 2.05) is 20.8 Å². The van der Waals surface area contributed by atoms with E-state index in [-0.39, 0.29) is 11.2 Å². The Balaban J connectivity index is 3.12. The predicted octanol–water partition coefficient (Wildman–Crippen LogP) is 3.35. The van der Waals surface area contributed by atoms with Gasteiger partial charge in [-0.1, -0.05) is 41.0 Å². The standard InChI is InChI=1S/C14H23NO3/c1-7-9(2)8-10-15-12(14(3,4)5)11(18-10)13(16)17-6/h9H,7-8H2,1-6H3. The van der Waals surface area contributed by atoms with Crippen LogP contribution in [0.5, 0.6) is 0 Å². The Morgan fingerprint density at radius 3 is 2.50 bits per heavy atom. The van der Waals surface area contributed by atoms with Gasteiger partial charge in [0.25, 0.3) is 0 Å². The minimum Gasteiger partial charge on any atom is -0.463 e. The number of aromatic nitrogens is 1. The number of nitrogens with zero attached hydrogens (tertiary/aromatic N) is 1. The lowest BCUT2D eigenvalue weighted by molar-refractivity contribution is 0.0559. The molecular weight excluding hydrogens is 230 g/mol. The van der Waals surface area contributed by atoms with Gasteiger partial charge >= 0.3 is 5.97 Å². The molecule has 0 spiro atoms. The zero-order chi connectivity index (χ0) is 13.9. The lowest BCUT2D eigenvalue weighted by Gasteiger charge is -2.15. The van der Waals surface area contributed by atoms with Gasteiger partial charge in [-0.3, -0.25) is 0 Å². The highest BCUT2D eigenvalue weighted by Crippen LogP contribution is 2.27. The summed E-state index contributed by atoms with van der Waals surface area (Å²) in [5.41, 5.74) is 0.438. The first-order chi connectivity index (χ1) is 8.29. The van der Waals surface area contributed by atoms with Gasteiger partial charge in [0.1, 0.15) is 0 Å². The van der Waals surface area contributed by atoms with Crippen LogP contribution in [-0.4, -0.2) is 18.1 Å². The summed E-state index contributed by atoms with van der Waals surface area (Å²) in [4.78, 5) is 16.2. The summed E-state index contributed by atoms with van der Waals surface area (Å²) in [5, 5.41) is 0. The first-order valence-corrected chi connectivity index (χ1v) is 6.38. The summed E-state index contributed by atoms with van der Waals surface area (Å²) in [5.74, 6) is 0.891. The van der Waals surface area contributed by atoms with Gasteiger partial charge in [-0.2, -0.15) is 0 Å². The van der Waals surface area contributed by atoms with Crippen molar-refractivity contribution in [3.63, 3.8) is 0 Å². The zero-order valence-electron chi connectivity index (χ0n) is 12.2. The van der Waals surface area contributed by atoms with Crippen LogP contribution >= 0.6 is 0 Å². The van der Waals surface area contributed by atoms with Crippen molar-refractivity contribution in [1.29, 1.82) is 0 Å². The number of hydrogen-bond donors (Lipinski definition) is 0. The van der Waals surface area contributed by atoms with Crippen molar-refractivity contribution in [2.45, 2.75) is 52.9 Å². The molecule has 0 amide bonds. The quantitative estimate of drug-likeness (QED) is 0.772. The summed E-state index contributed by atoms with van der Waals surface area (Å²) in [7, 11) is 1.35. The number of carbonyl (C=O) groups excluding carboxylic acids is 1. The van der Waals surface area contributed by atoms with Crippen molar-refractivity contribution in [3.8, 4) is 0 Å². The molecule has 18 heavy (non-hydrogen) atoms. The van der Waals surface area contributed by atoms with Crippen molar-refractivity contribution in [2.24, 2.45) is 5.92 Å². The van der Waals surface area contributed by atoms with Gasteiger partial charge in [-0.15, -0.1) is 0 Å². The third-order valence-electron chi connectivity index (χ3n) is 2.97. The normalized spacial score (nSPS) is 13.4. The third-order valence-corrected chi connectivity index (χ3v) is 2.97. The van der Waals surface area contributed by atoms with Gasteiger partial charge in [-0.25, -0.2) is 9.78 Å². The molecule has 0 bridgehead atoms. The summed E-state index contributed by atoms with van der Waals surface area (Å²) < 4.78 is 10.3. The van der Waals surface area contributed by atoms with Crippen molar-refractivity contribution in [3.05, 3.63) is 17.3 Å². The third kappa shape index (κ3) is 3.34. The summed E-state index contributed by atoms with van der Waals surface area (Å²) >= 11 is 0. The largest absolute Gasteiger partial charge is 0.463 e. The Kier molecular flexibility index (Phi) is 4.54. The molecule has 0 aromatic carbocycles. The maximum absolute atomic E-state index is 11.7. The van der Waals surface area contributed by atoms with Crippen LogP contribution in [0.2, 0.25) is 0 Å². The van der Waals surface area contributed by atoms with E-state index < -0.39 is 5.97 Å². The van der Waals surface area contributed by atoms with Gasteiger partial charge in [0.05, 0.1) is 12.8 Å². The molecule has 4 heteroatoms. The van der Waals surface area contributed by atoms with Crippen LogP contribution in [0.1, 0.15) is 63.2 Å². The van der Waals surface area contributed by atoms with E-state index >= 15 is 0 Å². The van der Waals surface area contributed by atoms with E-state index in [9.17, 15) is 4.79 Å². The molecule has 0 aliphatic heterocycles. The topological polar surface area (TPSA) is 52.3 Å². The van der Waals surface area contributed by atoms with Crippen LogP contribution in [0.25, 0.3) is 0 Å². The number of esters is 1. The van der Waals surface area contributed by atoms with E-state index in [1.165, 1.54) is 7.11 Å². The van der Waals surface area contributed by atoms with Crippen molar-refractivity contribution in [1.82, 2.24) is 4.98 Å². The second-order valence-corrected chi connectivity index (χ2v) is 5.74. The molecule has 0 fully saturated rings. The van der Waals surface area contributed by atoms with Crippen LogP contribution in [0.15, 0.2) is 4.42 Å². The molecule has 0 radical (unpaired) electrons. The molecule has 1 heterocycles. The molecule has 0 aliphatic carbocycles. The first kappa shape index (κ1) is 14.7. The van der Waals surface area contributed by atoms with Crippen molar-refractivity contribution in [2.75, 3.05) is 7.11 Å². The van der Waals surface area contributed by atoms with Crippen LogP contribution < -0.4 is 0 Å². The second-order valence-electron chi connectivity index (χ2n) is 5.74. The van der Waals surface area contributed by atoms with Crippen molar-refractivity contribution < 1.29 is 13.9 Å². The highest BCUT2D eigenvalue weighted by Gasteiger charge is 2.29. The van der Waals surface area contributed by atoms with Gasteiger partial charge in [0.2, 0.25) is 5.76 Å². The fourth-order valence-corrected chi connectivity index (χ4v) is 1.63. The first-order valence-electron chi connectivity index (χ1n) is 6.38. The molecule has 0 N–H and O–H groups in total. The highest BCUT2D eigenvalue weighted by molar-refractivity contribution is 5.87. The molecule has 0 aliphatic rings. The van der Waals surface area contributed by atoms with Gasteiger partial charge in [-0.05, 0) is 5.92 Å². The number of methoxy groups -OCH3 is 1. The van der Waals surface area contributed by atoms with E-state index in [4.69, 9.17) is 9.15 Å². The Morgan fingerprint density at radius 1 is 1.44 bits per heavy atom. The van der Waals surface area contributed by atoms with Crippen LogP contribution in [0, 0.1) is 5.92 Å². The van der Waals surface area contributed by atoms with E-state index in [0.717, 1.165) is 12.8 Å². The van der Waals surface area contributed by atoms with Crippen molar-refractivity contribution >= 4 is 5.97 Å². The van der Waals surface area contributed by atoms with Gasteiger partial charge in [0.15, 0.2) is 5.89 Å². The molecule has 0 saturated heterocycles. The fourth-order valence-electron chi connectivity index (χ4n) is 1.63. The summed E-state index contributed by atoms with van der Waals surface area (Å²) in [6.07, 6.45) is 1.80. The second kappa shape index (κ2) is 5.55. The van der Waals surface area contributed by atoms with Crippen LogP contribution in [0.3, 0.4) is 0 Å². The molecule has 1 aromatic heterocycles. The number of oxazole rings is 1. The van der Waals surface area contributed by atoms with E-state index in [1.54, 1.807) is 0 Å². The molecular formula is C14H23NO3. The van der Waals surface area contributed by atoms with Gasteiger partial charge < -0.3 is 9.15 Å². The number of ether oxygens (including phenoxy) is 1. The van der Waals surface area contributed by atoms with E-state index in [0.29, 0.717) is 17.5 Å². The maximum atomic E-state index is 11.7. The Hall–Kier alpha value is -1.32. The van der Waals surface area contributed by atoms with Gasteiger partial charge in [0, 0.05) is 11.8 Å². The highest BCUT2D eigenvalue weighted by atomic mass is 16.5. The smallest absolute Gasteiger partial charge is 0.376 e. The molecule has 1 rings (SSSR count). The van der Waals surface area contributed by atoms with Crippen LogP contribution in [-0.2, 0) is 16.6 Å². The number of hydrogen-bond acceptors (Lipinski definition) is 4. The Bertz CT molecular complexity index is 415. The lowest BCUT2D eigenvalue weighted by Crippen LogP contribution is -2.17. The molecule has 0 saturated carbocycles. The molecule has 4 nitrogen and oxygen atoms in total. The van der Waals surface area contributed by atoms with Crippen LogP contribution in [0.4, 0.5) is 0 Å². The Morgan fingerprint density at radius 2 is 2.06 bits per heavy atom. The molecule has 102 valence electrons. The number of rotatable bonds is 4. The fraction of sp³-hybridized carbons (Fsp3) is 0.714. The average molecular weight is 253 g/mol. The monoisotopic (exact) mass is 253 g/mol. The zero-order valence-corrected chi connectivity index (χ0v) is 12.2. The molecule has 1 atom stereocenters. The summed E-state index contributed by atoms with van der Waals surface area (Å²) in [6, 6.07) is 0. The minimum absolute atomic E-state index is 0.235. The lowest BCUT2D eigenvalue weighted by atomic mass is 9.91. The predicted molar refractivity (Wildman–Crippen MR) is 69.7 cm³/mol. The minimum atomic E-state index is -0.456. The number of carbonyl (C=O) groups is 1. The molecule has 1 unspecified atom stereocenters.